The van der Waals surface area contributed by atoms with Crippen LogP contribution in [-0.2, 0) is 0 Å². The van der Waals surface area contributed by atoms with E-state index >= 15 is 0 Å². The highest BCUT2D eigenvalue weighted by Crippen LogP contribution is 2.19. The highest BCUT2D eigenvalue weighted by Gasteiger charge is 2.17. The average molecular weight is 271 g/mol. The van der Waals surface area contributed by atoms with Gasteiger partial charge in [0.1, 0.15) is 5.69 Å². The molecule has 6 heteroatoms. The van der Waals surface area contributed by atoms with Gasteiger partial charge in [-0.3, -0.25) is 9.59 Å². The summed E-state index contributed by atoms with van der Waals surface area (Å²) in [5.41, 5.74) is 6.57. The molecule has 19 heavy (non-hydrogen) atoms. The summed E-state index contributed by atoms with van der Waals surface area (Å²) in [5, 5.41) is 2.69. The molecule has 0 saturated carbocycles. The van der Waals surface area contributed by atoms with Crippen LogP contribution in [0.4, 0.5) is 0 Å². The molecule has 0 saturated heterocycles. The number of benzene rings is 1. The van der Waals surface area contributed by atoms with E-state index in [0.29, 0.717) is 5.69 Å². The predicted molar refractivity (Wildman–Crippen MR) is 72.4 cm³/mol. The fourth-order valence-electron chi connectivity index (χ4n) is 1.80. The number of nitrogens with zero attached hydrogens (tertiary/aromatic N) is 1. The summed E-state index contributed by atoms with van der Waals surface area (Å²) in [5.74, 6) is -0.874. The Morgan fingerprint density at radius 2 is 2.05 bits per heavy atom. The average Bonchev–Trinajstić information content (AvgIpc) is 3.04. The highest BCUT2D eigenvalue weighted by atomic mass is 32.1. The molecule has 0 atom stereocenters. The van der Waals surface area contributed by atoms with Crippen LogP contribution >= 0.6 is 11.3 Å². The summed E-state index contributed by atoms with van der Waals surface area (Å²) in [4.78, 5) is 30.1. The molecule has 0 aliphatic heterocycles. The molecule has 0 bridgehead atoms. The van der Waals surface area contributed by atoms with Gasteiger partial charge in [0.15, 0.2) is 5.01 Å². The first-order valence-corrected chi connectivity index (χ1v) is 6.41. The Morgan fingerprint density at radius 3 is 2.74 bits per heavy atom. The van der Waals surface area contributed by atoms with Gasteiger partial charge in [0.25, 0.3) is 5.91 Å². The van der Waals surface area contributed by atoms with Crippen molar-refractivity contribution in [2.45, 2.75) is 0 Å². The quantitative estimate of drug-likeness (QED) is 0.713. The van der Waals surface area contributed by atoms with Gasteiger partial charge in [-0.2, -0.15) is 0 Å². The monoisotopic (exact) mass is 271 g/mol. The van der Waals surface area contributed by atoms with Gasteiger partial charge >= 0.3 is 0 Å². The van der Waals surface area contributed by atoms with Gasteiger partial charge in [-0.05, 0) is 12.1 Å². The number of nitrogens with one attached hydrogen (secondary N) is 1. The first-order valence-electron chi connectivity index (χ1n) is 5.53. The van der Waals surface area contributed by atoms with Crippen LogP contribution in [0, 0.1) is 0 Å². The molecule has 2 aromatic heterocycles. The third kappa shape index (κ3) is 2.02. The second-order valence-corrected chi connectivity index (χ2v) is 4.86. The topological polar surface area (TPSA) is 88.8 Å². The zero-order chi connectivity index (χ0) is 13.4. The number of hydrogen-bond acceptors (Lipinski definition) is 4. The molecular formula is C13H9N3O2S. The van der Waals surface area contributed by atoms with Gasteiger partial charge in [-0.25, -0.2) is 4.98 Å². The number of H-pyrrole nitrogens is 1. The molecule has 0 aliphatic carbocycles. The second-order valence-electron chi connectivity index (χ2n) is 4.00. The summed E-state index contributed by atoms with van der Waals surface area (Å²) in [6.45, 7) is 0. The SMILES string of the molecule is NC(=O)c1csc(C(=O)c2cc3ccccc3[nH]2)n1. The molecule has 0 spiro atoms. The molecule has 2 heterocycles. The molecule has 94 valence electrons. The van der Waals surface area contributed by atoms with Crippen LogP contribution in [0.25, 0.3) is 10.9 Å². The molecule has 0 aliphatic rings. The number of carbonyl (C=O) groups excluding carboxylic acids is 2. The van der Waals surface area contributed by atoms with Crippen molar-refractivity contribution in [1.82, 2.24) is 9.97 Å². The maximum Gasteiger partial charge on any atom is 0.268 e. The van der Waals surface area contributed by atoms with E-state index in [2.05, 4.69) is 9.97 Å². The van der Waals surface area contributed by atoms with E-state index in [1.807, 2.05) is 24.3 Å². The third-order valence-electron chi connectivity index (χ3n) is 2.73. The second kappa shape index (κ2) is 4.33. The smallest absolute Gasteiger partial charge is 0.268 e. The van der Waals surface area contributed by atoms with E-state index in [1.54, 1.807) is 6.07 Å². The van der Waals surface area contributed by atoms with Crippen molar-refractivity contribution in [3.63, 3.8) is 0 Å². The Kier molecular flexibility index (Phi) is 2.64. The van der Waals surface area contributed by atoms with Gasteiger partial charge < -0.3 is 10.7 Å². The molecule has 3 N–H and O–H groups in total. The van der Waals surface area contributed by atoms with Gasteiger partial charge in [0.2, 0.25) is 5.78 Å². The molecule has 0 fully saturated rings. The van der Waals surface area contributed by atoms with Gasteiger partial charge in [-0.1, -0.05) is 18.2 Å². The number of rotatable bonds is 3. The fourth-order valence-corrected chi connectivity index (χ4v) is 2.56. The fraction of sp³-hybridized carbons (Fsp3) is 0. The lowest BCUT2D eigenvalue weighted by atomic mass is 10.2. The minimum Gasteiger partial charge on any atom is -0.364 e. The zero-order valence-corrected chi connectivity index (χ0v) is 10.5. The van der Waals surface area contributed by atoms with E-state index < -0.39 is 5.91 Å². The van der Waals surface area contributed by atoms with Crippen LogP contribution in [0.1, 0.15) is 26.0 Å². The number of para-hydroxylation sites is 1. The van der Waals surface area contributed by atoms with Gasteiger partial charge in [-0.15, -0.1) is 11.3 Å². The summed E-state index contributed by atoms with van der Waals surface area (Å²) in [6.07, 6.45) is 0. The number of aromatic nitrogens is 2. The predicted octanol–water partition coefficient (Wildman–Crippen LogP) is 1.95. The molecule has 0 unspecified atom stereocenters. The third-order valence-corrected chi connectivity index (χ3v) is 3.57. The lowest BCUT2D eigenvalue weighted by Gasteiger charge is -1.91. The van der Waals surface area contributed by atoms with E-state index in [9.17, 15) is 9.59 Å². The van der Waals surface area contributed by atoms with Crippen LogP contribution in [0.3, 0.4) is 0 Å². The first kappa shape index (κ1) is 11.6. The summed E-state index contributed by atoms with van der Waals surface area (Å²) in [6, 6.07) is 9.37. The van der Waals surface area contributed by atoms with Crippen LogP contribution in [0.15, 0.2) is 35.7 Å². The van der Waals surface area contributed by atoms with Crippen LogP contribution < -0.4 is 5.73 Å². The van der Waals surface area contributed by atoms with Crippen molar-refractivity contribution in [2.24, 2.45) is 5.73 Å². The Morgan fingerprint density at radius 1 is 1.26 bits per heavy atom. The molecule has 1 aromatic carbocycles. The first-order chi connectivity index (χ1) is 9.15. The molecule has 3 rings (SSSR count). The van der Waals surface area contributed by atoms with Crippen molar-refractivity contribution in [2.75, 3.05) is 0 Å². The Labute approximate surface area is 112 Å². The summed E-state index contributed by atoms with van der Waals surface area (Å²) < 4.78 is 0. The van der Waals surface area contributed by atoms with Crippen molar-refractivity contribution in [1.29, 1.82) is 0 Å². The number of carbonyl (C=O) groups is 2. The number of aromatic amines is 1. The molecule has 5 nitrogen and oxygen atoms in total. The minimum absolute atomic E-state index is 0.115. The number of amides is 1. The van der Waals surface area contributed by atoms with Crippen molar-refractivity contribution < 1.29 is 9.59 Å². The Bertz CT molecular complexity index is 755. The van der Waals surface area contributed by atoms with Gasteiger partial charge in [0, 0.05) is 16.3 Å². The highest BCUT2D eigenvalue weighted by molar-refractivity contribution is 7.12. The van der Waals surface area contributed by atoms with E-state index in [-0.39, 0.29) is 16.5 Å². The van der Waals surface area contributed by atoms with Crippen molar-refractivity contribution in [3.05, 3.63) is 52.1 Å². The molecular weight excluding hydrogens is 262 g/mol. The zero-order valence-electron chi connectivity index (χ0n) is 9.71. The normalized spacial score (nSPS) is 10.7. The number of nitrogens with two attached hydrogens (primary N) is 1. The standard InChI is InChI=1S/C13H9N3O2S/c14-12(18)10-6-19-13(16-10)11(17)9-5-7-3-1-2-4-8(7)15-9/h1-6,15H,(H2,14,18). The van der Waals surface area contributed by atoms with E-state index in [1.165, 1.54) is 5.38 Å². The molecule has 1 amide bonds. The van der Waals surface area contributed by atoms with Gasteiger partial charge in [0.05, 0.1) is 5.69 Å². The molecule has 0 radical (unpaired) electrons. The largest absolute Gasteiger partial charge is 0.364 e. The number of primary amides is 1. The maximum absolute atomic E-state index is 12.2. The number of ketones is 1. The summed E-state index contributed by atoms with van der Waals surface area (Å²) >= 11 is 1.11. The minimum atomic E-state index is -0.632. The maximum atomic E-state index is 12.2. The number of fused-ring (bicyclic) bond motifs is 1. The van der Waals surface area contributed by atoms with Crippen molar-refractivity contribution in [3.8, 4) is 0 Å². The lowest BCUT2D eigenvalue weighted by molar-refractivity contribution is 0.0996. The van der Waals surface area contributed by atoms with Crippen LogP contribution in [0.5, 0.6) is 0 Å². The lowest BCUT2D eigenvalue weighted by Crippen LogP contribution is -2.12. The Hall–Kier alpha value is -2.47. The summed E-state index contributed by atoms with van der Waals surface area (Å²) in [7, 11) is 0. The Balaban J connectivity index is 2.00. The van der Waals surface area contributed by atoms with E-state index in [4.69, 9.17) is 5.73 Å². The molecule has 3 aromatic rings. The van der Waals surface area contributed by atoms with Crippen molar-refractivity contribution >= 4 is 33.9 Å². The number of hydrogen-bond donors (Lipinski definition) is 2. The van der Waals surface area contributed by atoms with Crippen LogP contribution in [-0.4, -0.2) is 21.7 Å². The van der Waals surface area contributed by atoms with E-state index in [0.717, 1.165) is 22.2 Å². The van der Waals surface area contributed by atoms with Crippen LogP contribution in [0.2, 0.25) is 0 Å². The number of thiazole rings is 1.